The smallest absolute Gasteiger partial charge is 0.191 e. The number of para-hydroxylation sites is 1. The van der Waals surface area contributed by atoms with E-state index in [1.165, 1.54) is 6.42 Å². The van der Waals surface area contributed by atoms with Crippen molar-refractivity contribution in [2.24, 2.45) is 4.99 Å². The Bertz CT molecular complexity index is 694. The van der Waals surface area contributed by atoms with E-state index in [9.17, 15) is 0 Å². The molecule has 0 spiro atoms. The van der Waals surface area contributed by atoms with Gasteiger partial charge in [-0.1, -0.05) is 18.2 Å². The van der Waals surface area contributed by atoms with Crippen molar-refractivity contribution in [2.75, 3.05) is 26.8 Å². The van der Waals surface area contributed by atoms with Crippen LogP contribution in [-0.4, -0.2) is 38.9 Å². The molecule has 1 fully saturated rings. The number of nitrogens with zero attached hydrogens (tertiary/aromatic N) is 1. The maximum absolute atomic E-state index is 5.81. The Hall–Kier alpha value is -2.47. The van der Waals surface area contributed by atoms with Crippen molar-refractivity contribution < 1.29 is 13.9 Å². The molecule has 1 aromatic heterocycles. The van der Waals surface area contributed by atoms with Crippen LogP contribution in [0.2, 0.25) is 0 Å². The summed E-state index contributed by atoms with van der Waals surface area (Å²) >= 11 is 0. The Morgan fingerprint density at radius 1 is 1.19 bits per heavy atom. The Balaban J connectivity index is 1.58. The first-order valence-corrected chi connectivity index (χ1v) is 9.63. The number of nitrogens with one attached hydrogen (secondary N) is 2. The van der Waals surface area contributed by atoms with Crippen LogP contribution >= 0.6 is 0 Å². The first-order chi connectivity index (χ1) is 13.3. The van der Waals surface area contributed by atoms with E-state index >= 15 is 0 Å². The molecule has 1 aliphatic heterocycles. The lowest BCUT2D eigenvalue weighted by Crippen LogP contribution is -2.43. The third kappa shape index (κ3) is 6.32. The number of ether oxygens (including phenoxy) is 2. The molecule has 2 N–H and O–H groups in total. The van der Waals surface area contributed by atoms with E-state index in [-0.39, 0.29) is 6.10 Å². The fraction of sp³-hybridized carbons (Fsp3) is 0.476. The van der Waals surface area contributed by atoms with Gasteiger partial charge in [0.25, 0.3) is 0 Å². The van der Waals surface area contributed by atoms with Crippen molar-refractivity contribution in [1.29, 1.82) is 0 Å². The minimum Gasteiger partial charge on any atom is -0.496 e. The van der Waals surface area contributed by atoms with Crippen LogP contribution in [0.15, 0.2) is 52.1 Å². The molecule has 0 bridgehead atoms. The Morgan fingerprint density at radius 3 is 2.89 bits per heavy atom. The van der Waals surface area contributed by atoms with Crippen molar-refractivity contribution >= 4 is 5.96 Å². The normalized spacial score (nSPS) is 17.5. The molecule has 27 heavy (non-hydrogen) atoms. The van der Waals surface area contributed by atoms with Crippen LogP contribution in [-0.2, 0) is 17.7 Å². The van der Waals surface area contributed by atoms with Crippen LogP contribution in [0.1, 0.15) is 30.6 Å². The number of benzene rings is 1. The highest BCUT2D eigenvalue weighted by atomic mass is 16.5. The van der Waals surface area contributed by atoms with Crippen LogP contribution in [0.4, 0.5) is 0 Å². The van der Waals surface area contributed by atoms with E-state index in [4.69, 9.17) is 18.9 Å². The summed E-state index contributed by atoms with van der Waals surface area (Å²) < 4.78 is 16.6. The molecule has 2 heterocycles. The zero-order chi connectivity index (χ0) is 18.7. The quantitative estimate of drug-likeness (QED) is 0.551. The second-order valence-corrected chi connectivity index (χ2v) is 6.60. The van der Waals surface area contributed by atoms with Crippen LogP contribution in [0.3, 0.4) is 0 Å². The van der Waals surface area contributed by atoms with Crippen molar-refractivity contribution in [3.63, 3.8) is 0 Å². The fourth-order valence-electron chi connectivity index (χ4n) is 3.11. The summed E-state index contributed by atoms with van der Waals surface area (Å²) in [6, 6.07) is 11.8. The second-order valence-electron chi connectivity index (χ2n) is 6.60. The highest BCUT2D eigenvalue weighted by molar-refractivity contribution is 5.79. The summed E-state index contributed by atoms with van der Waals surface area (Å²) in [5.74, 6) is 2.59. The number of guanidine groups is 1. The van der Waals surface area contributed by atoms with Gasteiger partial charge in [-0.05, 0) is 37.5 Å². The van der Waals surface area contributed by atoms with Gasteiger partial charge in [0, 0.05) is 31.7 Å². The maximum Gasteiger partial charge on any atom is 0.191 e. The van der Waals surface area contributed by atoms with E-state index in [0.29, 0.717) is 6.54 Å². The van der Waals surface area contributed by atoms with Crippen molar-refractivity contribution in [1.82, 2.24) is 10.6 Å². The molecule has 0 radical (unpaired) electrons. The van der Waals surface area contributed by atoms with Gasteiger partial charge >= 0.3 is 0 Å². The van der Waals surface area contributed by atoms with Gasteiger partial charge in [-0.3, -0.25) is 0 Å². The van der Waals surface area contributed by atoms with Gasteiger partial charge in [0.2, 0.25) is 0 Å². The molecule has 1 atom stereocenters. The molecular weight excluding hydrogens is 342 g/mol. The lowest BCUT2D eigenvalue weighted by molar-refractivity contribution is 0.0194. The Kier molecular flexibility index (Phi) is 7.59. The molecule has 1 aromatic carbocycles. The highest BCUT2D eigenvalue weighted by Gasteiger charge is 2.14. The molecule has 3 rings (SSSR count). The minimum atomic E-state index is 0.252. The van der Waals surface area contributed by atoms with E-state index in [0.717, 1.165) is 62.0 Å². The van der Waals surface area contributed by atoms with E-state index < -0.39 is 0 Å². The molecule has 2 aromatic rings. The van der Waals surface area contributed by atoms with Gasteiger partial charge < -0.3 is 24.5 Å². The Labute approximate surface area is 161 Å². The lowest BCUT2D eigenvalue weighted by Gasteiger charge is -2.24. The van der Waals surface area contributed by atoms with E-state index in [2.05, 4.69) is 10.6 Å². The van der Waals surface area contributed by atoms with Gasteiger partial charge in [-0.25, -0.2) is 4.99 Å². The second kappa shape index (κ2) is 10.6. The highest BCUT2D eigenvalue weighted by Crippen LogP contribution is 2.18. The zero-order valence-corrected chi connectivity index (χ0v) is 15.9. The first kappa shape index (κ1) is 19.3. The number of aliphatic imine (C=N–C) groups is 1. The standard InChI is InChI=1S/C21H29N3O3/c1-25-20-10-3-2-7-17(20)15-23-21(22-12-11-18-9-6-14-26-18)24-16-19-8-4-5-13-27-19/h2-3,6-7,9-10,14,19H,4-5,8,11-13,15-16H2,1H3,(H2,22,23,24). The molecule has 0 aliphatic carbocycles. The molecule has 0 amide bonds. The predicted octanol–water partition coefficient (Wildman–Crippen LogP) is 3.14. The molecule has 1 unspecified atom stereocenters. The summed E-state index contributed by atoms with van der Waals surface area (Å²) in [4.78, 5) is 4.73. The average Bonchev–Trinajstić information content (AvgIpc) is 3.24. The predicted molar refractivity (Wildman–Crippen MR) is 106 cm³/mol. The average molecular weight is 371 g/mol. The monoisotopic (exact) mass is 371 g/mol. The van der Waals surface area contributed by atoms with Crippen LogP contribution in [0.5, 0.6) is 5.75 Å². The van der Waals surface area contributed by atoms with Crippen LogP contribution in [0, 0.1) is 0 Å². The third-order valence-electron chi connectivity index (χ3n) is 4.62. The van der Waals surface area contributed by atoms with Gasteiger partial charge in [0.15, 0.2) is 5.96 Å². The third-order valence-corrected chi connectivity index (χ3v) is 4.62. The molecule has 1 saturated heterocycles. The lowest BCUT2D eigenvalue weighted by atomic mass is 10.1. The fourth-order valence-corrected chi connectivity index (χ4v) is 3.11. The van der Waals surface area contributed by atoms with Crippen molar-refractivity contribution in [3.05, 3.63) is 54.0 Å². The Morgan fingerprint density at radius 2 is 2.11 bits per heavy atom. The number of hydrogen-bond acceptors (Lipinski definition) is 4. The van der Waals surface area contributed by atoms with Crippen molar-refractivity contribution in [2.45, 2.75) is 38.3 Å². The zero-order valence-electron chi connectivity index (χ0n) is 15.9. The van der Waals surface area contributed by atoms with E-state index in [1.54, 1.807) is 13.4 Å². The number of rotatable bonds is 8. The summed E-state index contributed by atoms with van der Waals surface area (Å²) in [6.45, 7) is 2.91. The summed E-state index contributed by atoms with van der Waals surface area (Å²) in [5, 5.41) is 6.81. The van der Waals surface area contributed by atoms with Gasteiger partial charge in [0.05, 0.1) is 26.0 Å². The first-order valence-electron chi connectivity index (χ1n) is 9.63. The maximum atomic E-state index is 5.81. The number of hydrogen-bond donors (Lipinski definition) is 2. The minimum absolute atomic E-state index is 0.252. The van der Waals surface area contributed by atoms with Gasteiger partial charge in [-0.15, -0.1) is 0 Å². The molecular formula is C21H29N3O3. The molecule has 6 nitrogen and oxygen atoms in total. The molecule has 1 aliphatic rings. The summed E-state index contributed by atoms with van der Waals surface area (Å²) in [6.07, 6.45) is 6.24. The molecule has 6 heteroatoms. The van der Waals surface area contributed by atoms with E-state index in [1.807, 2.05) is 36.4 Å². The topological polar surface area (TPSA) is 68.0 Å². The SMILES string of the molecule is COc1ccccc1CN=C(NCCc1ccco1)NCC1CCCCO1. The molecule has 146 valence electrons. The van der Waals surface area contributed by atoms with Crippen LogP contribution < -0.4 is 15.4 Å². The number of methoxy groups -OCH3 is 1. The number of furan rings is 1. The largest absolute Gasteiger partial charge is 0.496 e. The summed E-state index contributed by atoms with van der Waals surface area (Å²) in [5.41, 5.74) is 1.06. The van der Waals surface area contributed by atoms with Crippen LogP contribution in [0.25, 0.3) is 0 Å². The van der Waals surface area contributed by atoms with Crippen molar-refractivity contribution in [3.8, 4) is 5.75 Å². The molecule has 0 saturated carbocycles. The summed E-state index contributed by atoms with van der Waals surface area (Å²) in [7, 11) is 1.68. The van der Waals surface area contributed by atoms with Gasteiger partial charge in [0.1, 0.15) is 11.5 Å². The van der Waals surface area contributed by atoms with Gasteiger partial charge in [-0.2, -0.15) is 0 Å².